The fraction of sp³-hybridized carbons (Fsp3) is 0.944. The average molecular weight is 328 g/mol. The number of carbonyl (C=O) groups excluding carboxylic acids is 1. The van der Waals surface area contributed by atoms with E-state index in [1.54, 1.807) is 0 Å². The molecule has 5 nitrogen and oxygen atoms in total. The molecule has 0 spiro atoms. The Morgan fingerprint density at radius 1 is 1.39 bits per heavy atom. The summed E-state index contributed by atoms with van der Waals surface area (Å²) in [5.41, 5.74) is 6.62. The first-order valence-corrected chi connectivity index (χ1v) is 8.96. The van der Waals surface area contributed by atoms with Crippen molar-refractivity contribution in [3.8, 4) is 0 Å². The van der Waals surface area contributed by atoms with E-state index in [1.165, 1.54) is 0 Å². The van der Waals surface area contributed by atoms with E-state index < -0.39 is 6.10 Å². The normalized spacial score (nSPS) is 28.3. The standard InChI is InChI=1S/C18H36N2O3/c1-5-6-7-16(22)23-11-15(21)10-20-13-18(4)9-14(19)8-17(2,3)12-18/h14-15,20-21H,5-13,19H2,1-4H3. The molecule has 0 aromatic rings. The highest BCUT2D eigenvalue weighted by atomic mass is 16.5. The predicted octanol–water partition coefficient (Wildman–Crippen LogP) is 2.21. The van der Waals surface area contributed by atoms with Crippen LogP contribution in [0, 0.1) is 10.8 Å². The number of rotatable bonds is 9. The fourth-order valence-electron chi connectivity index (χ4n) is 4.03. The summed E-state index contributed by atoms with van der Waals surface area (Å²) in [4.78, 5) is 11.4. The molecular formula is C18H36N2O3. The Morgan fingerprint density at radius 3 is 2.70 bits per heavy atom. The Morgan fingerprint density at radius 2 is 2.09 bits per heavy atom. The summed E-state index contributed by atoms with van der Waals surface area (Å²) < 4.78 is 5.07. The zero-order valence-electron chi connectivity index (χ0n) is 15.4. The van der Waals surface area contributed by atoms with Crippen molar-refractivity contribution in [1.82, 2.24) is 5.32 Å². The highest BCUT2D eigenvalue weighted by Crippen LogP contribution is 2.45. The molecule has 0 aromatic carbocycles. The quantitative estimate of drug-likeness (QED) is 0.565. The van der Waals surface area contributed by atoms with Crippen molar-refractivity contribution in [2.75, 3.05) is 19.7 Å². The van der Waals surface area contributed by atoms with E-state index in [9.17, 15) is 9.90 Å². The van der Waals surface area contributed by atoms with Gasteiger partial charge in [-0.15, -0.1) is 0 Å². The van der Waals surface area contributed by atoms with Crippen LogP contribution in [0.1, 0.15) is 66.2 Å². The van der Waals surface area contributed by atoms with Crippen LogP contribution in [0.4, 0.5) is 0 Å². The summed E-state index contributed by atoms with van der Waals surface area (Å²) in [6.07, 6.45) is 4.78. The Labute approximate surface area is 141 Å². The minimum absolute atomic E-state index is 0.0667. The van der Waals surface area contributed by atoms with Gasteiger partial charge in [0, 0.05) is 25.6 Å². The lowest BCUT2D eigenvalue weighted by Gasteiger charge is -2.46. The first-order valence-electron chi connectivity index (χ1n) is 8.96. The molecule has 1 saturated carbocycles. The zero-order valence-corrected chi connectivity index (χ0v) is 15.4. The van der Waals surface area contributed by atoms with Crippen LogP contribution in [-0.2, 0) is 9.53 Å². The van der Waals surface area contributed by atoms with Gasteiger partial charge in [0.15, 0.2) is 0 Å². The van der Waals surface area contributed by atoms with Gasteiger partial charge in [-0.05, 0) is 36.5 Å². The SMILES string of the molecule is CCCCC(=O)OCC(O)CNCC1(C)CC(N)CC(C)(C)C1. The summed E-state index contributed by atoms with van der Waals surface area (Å²) in [5, 5.41) is 13.3. The van der Waals surface area contributed by atoms with Crippen LogP contribution in [0.2, 0.25) is 0 Å². The van der Waals surface area contributed by atoms with Gasteiger partial charge in [-0.25, -0.2) is 0 Å². The van der Waals surface area contributed by atoms with Crippen LogP contribution >= 0.6 is 0 Å². The number of ether oxygens (including phenoxy) is 1. The van der Waals surface area contributed by atoms with Crippen molar-refractivity contribution >= 4 is 5.97 Å². The molecular weight excluding hydrogens is 292 g/mol. The molecule has 0 aliphatic heterocycles. The van der Waals surface area contributed by atoms with Crippen molar-refractivity contribution < 1.29 is 14.6 Å². The largest absolute Gasteiger partial charge is 0.463 e. The minimum Gasteiger partial charge on any atom is -0.463 e. The van der Waals surface area contributed by atoms with Gasteiger partial charge in [0.05, 0.1) is 0 Å². The van der Waals surface area contributed by atoms with Gasteiger partial charge >= 0.3 is 5.97 Å². The van der Waals surface area contributed by atoms with Crippen LogP contribution < -0.4 is 11.1 Å². The molecule has 3 atom stereocenters. The summed E-state index contributed by atoms with van der Waals surface area (Å²) in [7, 11) is 0. The van der Waals surface area contributed by atoms with Crippen LogP contribution in [0.5, 0.6) is 0 Å². The molecule has 0 aromatic heterocycles. The van der Waals surface area contributed by atoms with E-state index in [0.717, 1.165) is 38.6 Å². The maximum Gasteiger partial charge on any atom is 0.305 e. The number of carbonyl (C=O) groups is 1. The summed E-state index contributed by atoms with van der Waals surface area (Å²) in [6, 6.07) is 0.245. The maximum absolute atomic E-state index is 11.4. The van der Waals surface area contributed by atoms with Gasteiger partial charge < -0.3 is 20.9 Å². The highest BCUT2D eigenvalue weighted by molar-refractivity contribution is 5.69. The predicted molar refractivity (Wildman–Crippen MR) is 93.1 cm³/mol. The number of unbranched alkanes of at least 4 members (excludes halogenated alkanes) is 1. The zero-order chi connectivity index (χ0) is 17.5. The third-order valence-corrected chi connectivity index (χ3v) is 4.58. The molecule has 1 aliphatic rings. The molecule has 1 aliphatic carbocycles. The molecule has 23 heavy (non-hydrogen) atoms. The van der Waals surface area contributed by atoms with E-state index in [4.69, 9.17) is 10.5 Å². The van der Waals surface area contributed by atoms with E-state index in [2.05, 4.69) is 26.1 Å². The van der Waals surface area contributed by atoms with E-state index in [0.29, 0.717) is 13.0 Å². The topological polar surface area (TPSA) is 84.6 Å². The third-order valence-electron chi connectivity index (χ3n) is 4.58. The first kappa shape index (κ1) is 20.4. The van der Waals surface area contributed by atoms with Crippen molar-refractivity contribution in [3.05, 3.63) is 0 Å². The lowest BCUT2D eigenvalue weighted by Crippen LogP contribution is -2.47. The lowest BCUT2D eigenvalue weighted by atomic mass is 9.63. The average Bonchev–Trinajstić information content (AvgIpc) is 2.39. The lowest BCUT2D eigenvalue weighted by molar-refractivity contribution is -0.146. The van der Waals surface area contributed by atoms with Gasteiger partial charge in [-0.2, -0.15) is 0 Å². The first-order chi connectivity index (χ1) is 10.7. The second-order valence-corrected chi connectivity index (χ2v) is 8.39. The summed E-state index contributed by atoms with van der Waals surface area (Å²) >= 11 is 0. The molecule has 136 valence electrons. The molecule has 1 fully saturated rings. The van der Waals surface area contributed by atoms with Crippen molar-refractivity contribution in [2.24, 2.45) is 16.6 Å². The van der Waals surface area contributed by atoms with Gasteiger partial charge in [0.2, 0.25) is 0 Å². The van der Waals surface area contributed by atoms with E-state index in [1.807, 2.05) is 6.92 Å². The number of aliphatic hydroxyl groups is 1. The molecule has 3 unspecified atom stereocenters. The van der Waals surface area contributed by atoms with Crippen LogP contribution in [-0.4, -0.2) is 42.9 Å². The third kappa shape index (κ3) is 8.13. The number of hydrogen-bond donors (Lipinski definition) is 3. The molecule has 0 radical (unpaired) electrons. The Bertz CT molecular complexity index is 373. The highest BCUT2D eigenvalue weighted by Gasteiger charge is 2.39. The van der Waals surface area contributed by atoms with Gasteiger partial charge in [-0.3, -0.25) is 4.79 Å². The van der Waals surface area contributed by atoms with Crippen LogP contribution in [0.3, 0.4) is 0 Å². The number of nitrogens with one attached hydrogen (secondary N) is 1. The molecule has 0 saturated heterocycles. The van der Waals surface area contributed by atoms with Gasteiger partial charge in [0.25, 0.3) is 0 Å². The molecule has 0 heterocycles. The molecule has 4 N–H and O–H groups in total. The van der Waals surface area contributed by atoms with Crippen LogP contribution in [0.25, 0.3) is 0 Å². The van der Waals surface area contributed by atoms with Crippen molar-refractivity contribution in [1.29, 1.82) is 0 Å². The van der Waals surface area contributed by atoms with Crippen LogP contribution in [0.15, 0.2) is 0 Å². The second-order valence-electron chi connectivity index (χ2n) is 8.39. The number of nitrogens with two attached hydrogens (primary N) is 1. The maximum atomic E-state index is 11.4. The number of esters is 1. The van der Waals surface area contributed by atoms with Crippen molar-refractivity contribution in [3.63, 3.8) is 0 Å². The van der Waals surface area contributed by atoms with E-state index in [-0.39, 0.29) is 29.4 Å². The molecule has 5 heteroatoms. The summed E-state index contributed by atoms with van der Waals surface area (Å²) in [5.74, 6) is -0.224. The molecule has 0 bridgehead atoms. The minimum atomic E-state index is -0.658. The summed E-state index contributed by atoms with van der Waals surface area (Å²) in [6.45, 7) is 10.2. The van der Waals surface area contributed by atoms with E-state index >= 15 is 0 Å². The fourth-order valence-corrected chi connectivity index (χ4v) is 4.03. The van der Waals surface area contributed by atoms with Gasteiger partial charge in [0.1, 0.15) is 12.7 Å². The monoisotopic (exact) mass is 328 g/mol. The number of aliphatic hydroxyl groups excluding tert-OH is 1. The Kier molecular flexibility index (Phi) is 7.98. The molecule has 1 rings (SSSR count). The Hall–Kier alpha value is -0.650. The number of hydrogen-bond acceptors (Lipinski definition) is 5. The van der Waals surface area contributed by atoms with Crippen molar-refractivity contribution in [2.45, 2.75) is 78.4 Å². The molecule has 0 amide bonds. The smallest absolute Gasteiger partial charge is 0.305 e. The van der Waals surface area contributed by atoms with Gasteiger partial charge in [-0.1, -0.05) is 34.1 Å². The second kappa shape index (κ2) is 9.00. The Balaban J connectivity index is 2.26.